The average molecular weight is 470 g/mol. The summed E-state index contributed by atoms with van der Waals surface area (Å²) in [5.41, 5.74) is 0.209. The summed E-state index contributed by atoms with van der Waals surface area (Å²) >= 11 is 0. The van der Waals surface area contributed by atoms with E-state index in [1.54, 1.807) is 18.2 Å². The molecule has 2 aliphatic rings. The van der Waals surface area contributed by atoms with E-state index in [4.69, 9.17) is 5.26 Å². The van der Waals surface area contributed by atoms with Crippen molar-refractivity contribution >= 4 is 23.7 Å². The molecule has 10 heteroatoms. The molecule has 1 unspecified atom stereocenters. The predicted molar refractivity (Wildman–Crippen MR) is 116 cm³/mol. The monoisotopic (exact) mass is 470 g/mol. The third-order valence-corrected chi connectivity index (χ3v) is 5.73. The molecule has 0 aromatic heterocycles. The SMILES string of the molecule is N#Cc1cc(F)cc(NC(=O)[C@@H]2c3ccccc3C(=O)N(CC(F)(F)F)[C@H]2C2C=NC=CC2)c1. The Morgan fingerprint density at radius 1 is 1.24 bits per heavy atom. The second-order valence-corrected chi connectivity index (χ2v) is 8.02. The van der Waals surface area contributed by atoms with Gasteiger partial charge in [-0.15, -0.1) is 0 Å². The number of fused-ring (bicyclic) bond motifs is 1. The van der Waals surface area contributed by atoms with E-state index in [2.05, 4.69) is 10.3 Å². The van der Waals surface area contributed by atoms with Gasteiger partial charge in [0.05, 0.1) is 23.6 Å². The zero-order valence-electron chi connectivity index (χ0n) is 17.6. The molecule has 0 saturated carbocycles. The molecule has 4 rings (SSSR count). The number of aliphatic imine (C=N–C) groups is 1. The lowest BCUT2D eigenvalue weighted by Crippen LogP contribution is -2.57. The second-order valence-electron chi connectivity index (χ2n) is 8.02. The van der Waals surface area contributed by atoms with Gasteiger partial charge in [0.1, 0.15) is 12.4 Å². The largest absolute Gasteiger partial charge is 0.406 e. The normalized spacial score (nSPS) is 21.7. The Balaban J connectivity index is 1.81. The van der Waals surface area contributed by atoms with Crippen LogP contribution in [0.2, 0.25) is 0 Å². The number of rotatable bonds is 4. The number of hydrogen-bond donors (Lipinski definition) is 1. The van der Waals surface area contributed by atoms with E-state index < -0.39 is 48.2 Å². The minimum atomic E-state index is -4.70. The first kappa shape index (κ1) is 23.2. The van der Waals surface area contributed by atoms with E-state index >= 15 is 0 Å². The molecule has 34 heavy (non-hydrogen) atoms. The van der Waals surface area contributed by atoms with Gasteiger partial charge >= 0.3 is 6.18 Å². The standard InChI is InChI=1S/C24H18F4N4O2/c25-16-8-14(11-29)9-17(10-16)31-22(33)20-18-5-1-2-6-19(18)23(34)32(13-24(26,27)28)21(20)15-4-3-7-30-12-15/h1-3,5-10,12,15,20-21H,4,13H2,(H,31,33)/t15?,20-,21+/m1/s1. The van der Waals surface area contributed by atoms with E-state index in [-0.39, 0.29) is 28.8 Å². The molecule has 0 saturated heterocycles. The molecule has 2 amide bonds. The number of halogens is 4. The van der Waals surface area contributed by atoms with E-state index in [1.807, 2.05) is 0 Å². The van der Waals surface area contributed by atoms with Crippen LogP contribution in [0.15, 0.2) is 59.7 Å². The third-order valence-electron chi connectivity index (χ3n) is 5.73. The number of nitrogens with one attached hydrogen (secondary N) is 1. The molecule has 0 spiro atoms. The molecule has 0 aliphatic carbocycles. The van der Waals surface area contributed by atoms with Crippen LogP contribution in [0.25, 0.3) is 0 Å². The molecule has 2 aliphatic heterocycles. The van der Waals surface area contributed by atoms with E-state index in [0.29, 0.717) is 4.90 Å². The van der Waals surface area contributed by atoms with Crippen molar-refractivity contribution in [3.63, 3.8) is 0 Å². The fraction of sp³-hybridized carbons (Fsp3) is 0.250. The van der Waals surface area contributed by atoms with Crippen LogP contribution >= 0.6 is 0 Å². The molecule has 6 nitrogen and oxygen atoms in total. The van der Waals surface area contributed by atoms with Crippen LogP contribution in [-0.2, 0) is 4.79 Å². The molecular formula is C24H18F4N4O2. The number of nitriles is 1. The van der Waals surface area contributed by atoms with Crippen LogP contribution in [0.1, 0.15) is 33.8 Å². The van der Waals surface area contributed by atoms with Gasteiger partial charge in [-0.25, -0.2) is 4.39 Å². The van der Waals surface area contributed by atoms with Gasteiger partial charge in [-0.3, -0.25) is 14.6 Å². The van der Waals surface area contributed by atoms with Crippen LogP contribution in [0, 0.1) is 23.1 Å². The lowest BCUT2D eigenvalue weighted by Gasteiger charge is -2.44. The number of hydrogen-bond acceptors (Lipinski definition) is 4. The zero-order valence-corrected chi connectivity index (χ0v) is 17.6. The lowest BCUT2D eigenvalue weighted by molar-refractivity contribution is -0.149. The second kappa shape index (κ2) is 9.09. The van der Waals surface area contributed by atoms with Crippen LogP contribution in [0.3, 0.4) is 0 Å². The van der Waals surface area contributed by atoms with Gasteiger partial charge < -0.3 is 10.2 Å². The fourth-order valence-electron chi connectivity index (χ4n) is 4.44. The fourth-order valence-corrected chi connectivity index (χ4v) is 4.44. The Labute approximate surface area is 192 Å². The Bertz CT molecular complexity index is 1230. The Kier molecular flexibility index (Phi) is 6.20. The minimum absolute atomic E-state index is 0.0107. The van der Waals surface area contributed by atoms with Crippen molar-refractivity contribution in [3.05, 3.63) is 77.2 Å². The molecule has 2 aromatic rings. The van der Waals surface area contributed by atoms with E-state index in [0.717, 1.165) is 12.1 Å². The molecule has 3 atom stereocenters. The number of carbonyl (C=O) groups is 2. The maximum atomic E-state index is 13.9. The Morgan fingerprint density at radius 2 is 2.00 bits per heavy atom. The van der Waals surface area contributed by atoms with Gasteiger partial charge in [0.25, 0.3) is 5.91 Å². The maximum Gasteiger partial charge on any atom is 0.406 e. The van der Waals surface area contributed by atoms with Gasteiger partial charge in [0.15, 0.2) is 0 Å². The van der Waals surface area contributed by atoms with Gasteiger partial charge in [0, 0.05) is 29.6 Å². The van der Waals surface area contributed by atoms with Crippen molar-refractivity contribution in [2.24, 2.45) is 10.9 Å². The molecule has 2 aromatic carbocycles. The van der Waals surface area contributed by atoms with Gasteiger partial charge in [-0.1, -0.05) is 24.3 Å². The van der Waals surface area contributed by atoms with Crippen molar-refractivity contribution in [2.75, 3.05) is 11.9 Å². The Hall–Kier alpha value is -4.00. The van der Waals surface area contributed by atoms with Crippen LogP contribution in [0.4, 0.5) is 23.2 Å². The van der Waals surface area contributed by atoms with Crippen molar-refractivity contribution in [3.8, 4) is 6.07 Å². The van der Waals surface area contributed by atoms with E-state index in [1.165, 1.54) is 36.7 Å². The summed E-state index contributed by atoms with van der Waals surface area (Å²) in [5, 5.41) is 11.6. The summed E-state index contributed by atoms with van der Waals surface area (Å²) in [7, 11) is 0. The highest BCUT2D eigenvalue weighted by Gasteiger charge is 2.49. The zero-order chi connectivity index (χ0) is 24.5. The summed E-state index contributed by atoms with van der Waals surface area (Å²) in [5.74, 6) is -4.18. The van der Waals surface area contributed by atoms with Crippen molar-refractivity contribution in [1.29, 1.82) is 5.26 Å². The van der Waals surface area contributed by atoms with Gasteiger partial charge in [0.2, 0.25) is 5.91 Å². The molecule has 1 N–H and O–H groups in total. The van der Waals surface area contributed by atoms with Crippen LogP contribution < -0.4 is 5.32 Å². The summed E-state index contributed by atoms with van der Waals surface area (Å²) in [4.78, 5) is 31.4. The first-order valence-electron chi connectivity index (χ1n) is 10.3. The third kappa shape index (κ3) is 4.69. The van der Waals surface area contributed by atoms with E-state index in [9.17, 15) is 27.2 Å². The molecule has 0 fully saturated rings. The number of anilines is 1. The van der Waals surface area contributed by atoms with Crippen molar-refractivity contribution in [1.82, 2.24) is 4.90 Å². The number of benzene rings is 2. The predicted octanol–water partition coefficient (Wildman–Crippen LogP) is 4.41. The summed E-state index contributed by atoms with van der Waals surface area (Å²) in [6, 6.07) is 9.84. The topological polar surface area (TPSA) is 85.6 Å². The molecule has 2 heterocycles. The van der Waals surface area contributed by atoms with Crippen molar-refractivity contribution < 1.29 is 27.2 Å². The molecule has 0 bridgehead atoms. The highest BCUT2D eigenvalue weighted by molar-refractivity contribution is 6.04. The highest BCUT2D eigenvalue weighted by Crippen LogP contribution is 2.40. The number of amides is 2. The smallest absolute Gasteiger partial charge is 0.325 e. The number of carbonyl (C=O) groups excluding carboxylic acids is 2. The highest BCUT2D eigenvalue weighted by atomic mass is 19.4. The molecule has 0 radical (unpaired) electrons. The first-order valence-corrected chi connectivity index (χ1v) is 10.3. The summed E-state index contributed by atoms with van der Waals surface area (Å²) in [6.07, 6.45) is 0.162. The van der Waals surface area contributed by atoms with Crippen LogP contribution in [-0.4, -0.2) is 41.7 Å². The lowest BCUT2D eigenvalue weighted by atomic mass is 9.75. The molecular weight excluding hydrogens is 452 g/mol. The molecule has 174 valence electrons. The quantitative estimate of drug-likeness (QED) is 0.672. The summed E-state index contributed by atoms with van der Waals surface area (Å²) < 4.78 is 54.5. The van der Waals surface area contributed by atoms with Gasteiger partial charge in [-0.05, 0) is 36.2 Å². The average Bonchev–Trinajstić information content (AvgIpc) is 2.80. The van der Waals surface area contributed by atoms with Gasteiger partial charge in [-0.2, -0.15) is 18.4 Å². The summed E-state index contributed by atoms with van der Waals surface area (Å²) in [6.45, 7) is -1.54. The Morgan fingerprint density at radius 3 is 2.68 bits per heavy atom. The van der Waals surface area contributed by atoms with Crippen molar-refractivity contribution in [2.45, 2.75) is 24.6 Å². The van der Waals surface area contributed by atoms with Crippen LogP contribution in [0.5, 0.6) is 0 Å². The number of nitrogens with zero attached hydrogens (tertiary/aromatic N) is 3. The minimum Gasteiger partial charge on any atom is -0.325 e. The number of allylic oxidation sites excluding steroid dienone is 1. The maximum absolute atomic E-state index is 13.9. The number of alkyl halides is 3. The first-order chi connectivity index (χ1) is 16.2.